The van der Waals surface area contributed by atoms with Crippen molar-refractivity contribution in [3.63, 3.8) is 0 Å². The van der Waals surface area contributed by atoms with Crippen molar-refractivity contribution in [1.29, 1.82) is 0 Å². The molecule has 0 saturated carbocycles. The second-order valence-corrected chi connectivity index (χ2v) is 7.85. The fourth-order valence-electron chi connectivity index (χ4n) is 3.59. The van der Waals surface area contributed by atoms with Gasteiger partial charge in [0.05, 0.1) is 6.04 Å². The van der Waals surface area contributed by atoms with E-state index in [4.69, 9.17) is 0 Å². The summed E-state index contributed by atoms with van der Waals surface area (Å²) in [5.41, 5.74) is 3.29. The van der Waals surface area contributed by atoms with Gasteiger partial charge in [-0.25, -0.2) is 4.39 Å². The third kappa shape index (κ3) is 5.59. The zero-order chi connectivity index (χ0) is 21.5. The van der Waals surface area contributed by atoms with Crippen LogP contribution in [-0.4, -0.2) is 36.9 Å². The van der Waals surface area contributed by atoms with Crippen LogP contribution in [0.15, 0.2) is 47.5 Å². The van der Waals surface area contributed by atoms with Gasteiger partial charge < -0.3 is 15.5 Å². The molecule has 1 aliphatic rings. The molecule has 0 radical (unpaired) electrons. The molecule has 1 amide bonds. The SMILES string of the molecule is CN=C(NCc1ccc(C(=O)N2CCCCC2)cc1)NC(C)c1ccc(C)c(F)c1. The number of hydrogen-bond donors (Lipinski definition) is 2. The Kier molecular flexibility index (Phi) is 7.44. The van der Waals surface area contributed by atoms with Crippen LogP contribution in [0.25, 0.3) is 0 Å². The summed E-state index contributed by atoms with van der Waals surface area (Å²) in [7, 11) is 1.71. The van der Waals surface area contributed by atoms with E-state index in [0.717, 1.165) is 42.6 Å². The molecule has 0 bridgehead atoms. The average molecular weight is 411 g/mol. The predicted octanol–water partition coefficient (Wildman–Crippen LogP) is 4.19. The lowest BCUT2D eigenvalue weighted by atomic mass is 10.1. The number of hydrogen-bond acceptors (Lipinski definition) is 2. The number of rotatable bonds is 5. The summed E-state index contributed by atoms with van der Waals surface area (Å²) in [6, 6.07) is 12.9. The minimum atomic E-state index is -0.205. The lowest BCUT2D eigenvalue weighted by Crippen LogP contribution is -2.38. The van der Waals surface area contributed by atoms with E-state index in [2.05, 4.69) is 15.6 Å². The maximum atomic E-state index is 13.8. The Morgan fingerprint density at radius 2 is 1.83 bits per heavy atom. The van der Waals surface area contributed by atoms with Crippen molar-refractivity contribution in [3.8, 4) is 0 Å². The second-order valence-electron chi connectivity index (χ2n) is 7.85. The van der Waals surface area contributed by atoms with E-state index < -0.39 is 0 Å². The van der Waals surface area contributed by atoms with Gasteiger partial charge in [0.2, 0.25) is 0 Å². The van der Waals surface area contributed by atoms with Gasteiger partial charge in [0.1, 0.15) is 5.82 Å². The Balaban J connectivity index is 1.54. The highest BCUT2D eigenvalue weighted by molar-refractivity contribution is 5.94. The first-order chi connectivity index (χ1) is 14.5. The first-order valence-electron chi connectivity index (χ1n) is 10.6. The molecular weight excluding hydrogens is 379 g/mol. The van der Waals surface area contributed by atoms with Gasteiger partial charge in [0.25, 0.3) is 5.91 Å². The van der Waals surface area contributed by atoms with Gasteiger partial charge in [-0.15, -0.1) is 0 Å². The molecule has 160 valence electrons. The molecule has 0 spiro atoms. The molecule has 2 aromatic carbocycles. The maximum Gasteiger partial charge on any atom is 0.253 e. The van der Waals surface area contributed by atoms with E-state index >= 15 is 0 Å². The first kappa shape index (κ1) is 21.8. The number of carbonyl (C=O) groups is 1. The summed E-state index contributed by atoms with van der Waals surface area (Å²) >= 11 is 0. The molecule has 1 fully saturated rings. The number of benzene rings is 2. The number of nitrogens with one attached hydrogen (secondary N) is 2. The fraction of sp³-hybridized carbons (Fsp3) is 0.417. The third-order valence-corrected chi connectivity index (χ3v) is 5.58. The smallest absolute Gasteiger partial charge is 0.253 e. The monoisotopic (exact) mass is 410 g/mol. The Bertz CT molecular complexity index is 889. The first-order valence-corrected chi connectivity index (χ1v) is 10.6. The van der Waals surface area contributed by atoms with Gasteiger partial charge in [-0.1, -0.05) is 24.3 Å². The number of halogens is 1. The zero-order valence-electron chi connectivity index (χ0n) is 18.0. The summed E-state index contributed by atoms with van der Waals surface area (Å²) < 4.78 is 13.8. The fourth-order valence-corrected chi connectivity index (χ4v) is 3.59. The van der Waals surface area contributed by atoms with Gasteiger partial charge in [-0.2, -0.15) is 0 Å². The van der Waals surface area contributed by atoms with Crippen LogP contribution in [-0.2, 0) is 6.54 Å². The molecule has 1 unspecified atom stereocenters. The molecule has 30 heavy (non-hydrogen) atoms. The number of carbonyl (C=O) groups excluding carboxylic acids is 1. The highest BCUT2D eigenvalue weighted by Crippen LogP contribution is 2.16. The van der Waals surface area contributed by atoms with Gasteiger partial charge in [0.15, 0.2) is 5.96 Å². The van der Waals surface area contributed by atoms with Crippen molar-refractivity contribution in [1.82, 2.24) is 15.5 Å². The predicted molar refractivity (Wildman–Crippen MR) is 119 cm³/mol. The molecule has 1 heterocycles. The lowest BCUT2D eigenvalue weighted by Gasteiger charge is -2.26. The molecule has 2 aromatic rings. The molecule has 5 nitrogen and oxygen atoms in total. The van der Waals surface area contributed by atoms with Gasteiger partial charge in [-0.3, -0.25) is 9.79 Å². The molecule has 0 aliphatic carbocycles. The summed E-state index contributed by atoms with van der Waals surface area (Å²) in [5.74, 6) is 0.547. The van der Waals surface area contributed by atoms with Crippen LogP contribution in [0.5, 0.6) is 0 Å². The van der Waals surface area contributed by atoms with Crippen molar-refractivity contribution in [2.24, 2.45) is 4.99 Å². The maximum absolute atomic E-state index is 13.8. The van der Waals surface area contributed by atoms with Crippen LogP contribution in [0.4, 0.5) is 4.39 Å². The van der Waals surface area contributed by atoms with Gasteiger partial charge >= 0.3 is 0 Å². The van der Waals surface area contributed by atoms with Crippen LogP contribution >= 0.6 is 0 Å². The van der Waals surface area contributed by atoms with E-state index in [1.165, 1.54) is 6.42 Å². The van der Waals surface area contributed by atoms with E-state index in [1.807, 2.05) is 42.2 Å². The summed E-state index contributed by atoms with van der Waals surface area (Å²) in [6.07, 6.45) is 3.39. The van der Waals surface area contributed by atoms with E-state index in [1.54, 1.807) is 26.1 Å². The summed E-state index contributed by atoms with van der Waals surface area (Å²) in [5, 5.41) is 6.56. The highest BCUT2D eigenvalue weighted by atomic mass is 19.1. The van der Waals surface area contributed by atoms with Gasteiger partial charge in [0, 0.05) is 32.2 Å². The molecule has 1 aliphatic heterocycles. The van der Waals surface area contributed by atoms with Crippen LogP contribution in [0.3, 0.4) is 0 Å². The number of guanidine groups is 1. The standard InChI is InChI=1S/C24H31FN4O/c1-17-7-10-21(15-22(17)25)18(2)28-24(26-3)27-16-19-8-11-20(12-9-19)23(30)29-13-5-4-6-14-29/h7-12,15,18H,4-6,13-14,16H2,1-3H3,(H2,26,27,28). The molecular formula is C24H31FN4O. The third-order valence-electron chi connectivity index (χ3n) is 5.58. The highest BCUT2D eigenvalue weighted by Gasteiger charge is 2.18. The van der Waals surface area contributed by atoms with Crippen molar-refractivity contribution in [3.05, 3.63) is 70.5 Å². The number of aryl methyl sites for hydroxylation is 1. The Hall–Kier alpha value is -2.89. The average Bonchev–Trinajstić information content (AvgIpc) is 2.78. The van der Waals surface area contributed by atoms with Crippen LogP contribution in [0.2, 0.25) is 0 Å². The Morgan fingerprint density at radius 1 is 1.13 bits per heavy atom. The van der Waals surface area contributed by atoms with E-state index in [0.29, 0.717) is 18.1 Å². The Labute approximate surface area is 178 Å². The number of nitrogens with zero attached hydrogens (tertiary/aromatic N) is 2. The van der Waals surface area contributed by atoms with Crippen molar-refractivity contribution in [2.45, 2.75) is 45.7 Å². The number of piperidine rings is 1. The number of likely N-dealkylation sites (tertiary alicyclic amines) is 1. The molecule has 3 rings (SSSR count). The second kappa shape index (κ2) is 10.2. The summed E-state index contributed by atoms with van der Waals surface area (Å²) in [6.45, 7) is 6.01. The van der Waals surface area contributed by atoms with Crippen LogP contribution < -0.4 is 10.6 Å². The largest absolute Gasteiger partial charge is 0.352 e. The molecule has 2 N–H and O–H groups in total. The minimum Gasteiger partial charge on any atom is -0.352 e. The quantitative estimate of drug-likeness (QED) is 0.574. The van der Waals surface area contributed by atoms with Crippen molar-refractivity contribution >= 4 is 11.9 Å². The molecule has 6 heteroatoms. The Morgan fingerprint density at radius 3 is 2.47 bits per heavy atom. The van der Waals surface area contributed by atoms with Crippen LogP contribution in [0, 0.1) is 12.7 Å². The van der Waals surface area contributed by atoms with Crippen molar-refractivity contribution in [2.75, 3.05) is 20.1 Å². The minimum absolute atomic E-state index is 0.0872. The van der Waals surface area contributed by atoms with Crippen molar-refractivity contribution < 1.29 is 9.18 Å². The van der Waals surface area contributed by atoms with Gasteiger partial charge in [-0.05, 0) is 68.0 Å². The molecule has 0 aromatic heterocycles. The summed E-state index contributed by atoms with van der Waals surface area (Å²) in [4.78, 5) is 18.8. The topological polar surface area (TPSA) is 56.7 Å². The number of amides is 1. The van der Waals surface area contributed by atoms with E-state index in [-0.39, 0.29) is 17.8 Å². The normalized spacial score (nSPS) is 15.6. The molecule has 1 atom stereocenters. The van der Waals surface area contributed by atoms with Crippen LogP contribution in [0.1, 0.15) is 59.3 Å². The molecule has 1 saturated heterocycles. The lowest BCUT2D eigenvalue weighted by molar-refractivity contribution is 0.0724. The number of aliphatic imine (C=N–C) groups is 1. The van der Waals surface area contributed by atoms with E-state index in [9.17, 15) is 9.18 Å². The zero-order valence-corrected chi connectivity index (χ0v) is 18.0.